The molecule has 1 fully saturated rings. The lowest BCUT2D eigenvalue weighted by atomic mass is 9.83. The van der Waals surface area contributed by atoms with Gasteiger partial charge in [0.15, 0.2) is 0 Å². The largest absolute Gasteiger partial charge is 0.465 e. The summed E-state index contributed by atoms with van der Waals surface area (Å²) < 4.78 is 4.80. The fourth-order valence-electron chi connectivity index (χ4n) is 1.03. The van der Waals surface area contributed by atoms with Crippen molar-refractivity contribution in [3.8, 4) is 0 Å². The molecule has 1 rings (SSSR count). The lowest BCUT2D eigenvalue weighted by Gasteiger charge is -2.38. The summed E-state index contributed by atoms with van der Waals surface area (Å²) in [6, 6.07) is 0. The molecule has 4 heteroatoms. The van der Waals surface area contributed by atoms with Gasteiger partial charge in [0.05, 0.1) is 13.2 Å². The molecular formula is C7H13NO3. The van der Waals surface area contributed by atoms with Gasteiger partial charge in [0, 0.05) is 13.1 Å². The number of aliphatic hydroxyl groups excluding tert-OH is 1. The van der Waals surface area contributed by atoms with Crippen LogP contribution in [0.1, 0.15) is 6.92 Å². The van der Waals surface area contributed by atoms with Gasteiger partial charge >= 0.3 is 5.97 Å². The minimum Gasteiger partial charge on any atom is -0.465 e. The van der Waals surface area contributed by atoms with E-state index in [1.165, 1.54) is 0 Å². The van der Waals surface area contributed by atoms with Gasteiger partial charge in [0.2, 0.25) is 0 Å². The Labute approximate surface area is 65.5 Å². The summed E-state index contributed by atoms with van der Waals surface area (Å²) in [4.78, 5) is 11.2. The molecule has 1 heterocycles. The van der Waals surface area contributed by atoms with E-state index < -0.39 is 5.41 Å². The lowest BCUT2D eigenvalue weighted by molar-refractivity contribution is -0.161. The zero-order valence-electron chi connectivity index (χ0n) is 6.59. The number of esters is 1. The summed E-state index contributed by atoms with van der Waals surface area (Å²) in [5.41, 5.74) is -0.643. The summed E-state index contributed by atoms with van der Waals surface area (Å²) in [5.74, 6) is -0.291. The zero-order valence-corrected chi connectivity index (χ0v) is 6.59. The second-order valence-corrected chi connectivity index (χ2v) is 2.76. The van der Waals surface area contributed by atoms with Gasteiger partial charge in [-0.05, 0) is 6.92 Å². The molecule has 0 amide bonds. The van der Waals surface area contributed by atoms with Gasteiger partial charge in [-0.1, -0.05) is 0 Å². The number of rotatable bonds is 3. The summed E-state index contributed by atoms with van der Waals surface area (Å²) in [7, 11) is 0. The van der Waals surface area contributed by atoms with E-state index in [2.05, 4.69) is 5.32 Å². The minimum absolute atomic E-state index is 0.126. The molecule has 0 radical (unpaired) electrons. The van der Waals surface area contributed by atoms with Crippen molar-refractivity contribution >= 4 is 5.97 Å². The predicted octanol–water partition coefficient (Wildman–Crippen LogP) is -0.869. The second-order valence-electron chi connectivity index (χ2n) is 2.76. The fourth-order valence-corrected chi connectivity index (χ4v) is 1.03. The summed E-state index contributed by atoms with van der Waals surface area (Å²) in [6.45, 7) is 3.07. The molecular weight excluding hydrogens is 146 g/mol. The van der Waals surface area contributed by atoms with Gasteiger partial charge in [0.1, 0.15) is 5.41 Å². The summed E-state index contributed by atoms with van der Waals surface area (Å²) >= 11 is 0. The first-order valence-corrected chi connectivity index (χ1v) is 3.74. The molecule has 0 saturated carbocycles. The van der Waals surface area contributed by atoms with Crippen LogP contribution in [-0.4, -0.2) is 37.4 Å². The number of nitrogens with one attached hydrogen (secondary N) is 1. The molecule has 64 valence electrons. The topological polar surface area (TPSA) is 58.6 Å². The minimum atomic E-state index is -0.643. The van der Waals surface area contributed by atoms with Crippen LogP contribution in [0, 0.1) is 5.41 Å². The van der Waals surface area contributed by atoms with E-state index in [1.54, 1.807) is 6.92 Å². The Morgan fingerprint density at radius 2 is 2.36 bits per heavy atom. The van der Waals surface area contributed by atoms with E-state index >= 15 is 0 Å². The molecule has 0 aliphatic carbocycles. The number of hydrogen-bond acceptors (Lipinski definition) is 4. The Kier molecular flexibility index (Phi) is 2.46. The van der Waals surface area contributed by atoms with Crippen LogP contribution in [0.4, 0.5) is 0 Å². The molecule has 0 aromatic rings. The Morgan fingerprint density at radius 1 is 1.73 bits per heavy atom. The van der Waals surface area contributed by atoms with Gasteiger partial charge in [-0.2, -0.15) is 0 Å². The molecule has 0 spiro atoms. The molecule has 2 N–H and O–H groups in total. The molecule has 0 atom stereocenters. The maximum atomic E-state index is 11.2. The molecule has 0 aromatic heterocycles. The van der Waals surface area contributed by atoms with Crippen molar-refractivity contribution in [2.75, 3.05) is 26.3 Å². The number of hydrogen-bond donors (Lipinski definition) is 2. The van der Waals surface area contributed by atoms with Gasteiger partial charge in [-0.25, -0.2) is 0 Å². The SMILES string of the molecule is CCOC(=O)C1(CO)CNC1. The van der Waals surface area contributed by atoms with E-state index in [0.29, 0.717) is 19.7 Å². The number of carbonyl (C=O) groups excluding carboxylic acids is 1. The smallest absolute Gasteiger partial charge is 0.317 e. The second kappa shape index (κ2) is 3.19. The van der Waals surface area contributed by atoms with Gasteiger partial charge < -0.3 is 15.2 Å². The van der Waals surface area contributed by atoms with E-state index in [0.717, 1.165) is 0 Å². The van der Waals surface area contributed by atoms with Crippen LogP contribution in [-0.2, 0) is 9.53 Å². The third-order valence-electron chi connectivity index (χ3n) is 1.94. The first kappa shape index (κ1) is 8.49. The van der Waals surface area contributed by atoms with Crippen molar-refractivity contribution in [1.82, 2.24) is 5.32 Å². The Hall–Kier alpha value is -0.610. The van der Waals surface area contributed by atoms with Crippen LogP contribution in [0.25, 0.3) is 0 Å². The molecule has 1 saturated heterocycles. The Balaban J connectivity index is 2.47. The first-order chi connectivity index (χ1) is 5.25. The lowest BCUT2D eigenvalue weighted by Crippen LogP contribution is -2.60. The zero-order chi connectivity index (χ0) is 8.32. The van der Waals surface area contributed by atoms with Crippen LogP contribution in [0.15, 0.2) is 0 Å². The van der Waals surface area contributed by atoms with Crippen molar-refractivity contribution in [3.63, 3.8) is 0 Å². The van der Waals surface area contributed by atoms with E-state index in [4.69, 9.17) is 9.84 Å². The molecule has 0 bridgehead atoms. The molecule has 1 aliphatic rings. The van der Waals surface area contributed by atoms with Gasteiger partial charge in [-0.3, -0.25) is 4.79 Å². The van der Waals surface area contributed by atoms with Crippen molar-refractivity contribution in [3.05, 3.63) is 0 Å². The van der Waals surface area contributed by atoms with E-state index in [9.17, 15) is 4.79 Å². The highest BCUT2D eigenvalue weighted by atomic mass is 16.5. The standard InChI is InChI=1S/C7H13NO3/c1-2-11-6(10)7(5-9)3-8-4-7/h8-9H,2-5H2,1H3. The van der Waals surface area contributed by atoms with Crippen molar-refractivity contribution in [2.45, 2.75) is 6.92 Å². The molecule has 11 heavy (non-hydrogen) atoms. The van der Waals surface area contributed by atoms with Crippen LogP contribution >= 0.6 is 0 Å². The maximum absolute atomic E-state index is 11.2. The Morgan fingerprint density at radius 3 is 2.64 bits per heavy atom. The number of aliphatic hydroxyl groups is 1. The normalized spacial score (nSPS) is 20.5. The quantitative estimate of drug-likeness (QED) is 0.526. The van der Waals surface area contributed by atoms with Gasteiger partial charge in [0.25, 0.3) is 0 Å². The predicted molar refractivity (Wildman–Crippen MR) is 39.0 cm³/mol. The Bertz CT molecular complexity index is 148. The third-order valence-corrected chi connectivity index (χ3v) is 1.94. The summed E-state index contributed by atoms with van der Waals surface area (Å²) in [5, 5.41) is 11.8. The highest BCUT2D eigenvalue weighted by molar-refractivity contribution is 5.78. The van der Waals surface area contributed by atoms with Crippen molar-refractivity contribution in [1.29, 1.82) is 0 Å². The molecule has 1 aliphatic heterocycles. The third kappa shape index (κ3) is 1.36. The number of ether oxygens (including phenoxy) is 1. The molecule has 4 nitrogen and oxygen atoms in total. The monoisotopic (exact) mass is 159 g/mol. The average Bonchev–Trinajstić information content (AvgIpc) is 1.87. The molecule has 0 aromatic carbocycles. The first-order valence-electron chi connectivity index (χ1n) is 3.74. The fraction of sp³-hybridized carbons (Fsp3) is 0.857. The van der Waals surface area contributed by atoms with Crippen LogP contribution in [0.2, 0.25) is 0 Å². The summed E-state index contributed by atoms with van der Waals surface area (Å²) in [6.07, 6.45) is 0. The molecule has 0 unspecified atom stereocenters. The highest BCUT2D eigenvalue weighted by Crippen LogP contribution is 2.23. The van der Waals surface area contributed by atoms with Crippen LogP contribution in [0.5, 0.6) is 0 Å². The average molecular weight is 159 g/mol. The number of carbonyl (C=O) groups is 1. The highest BCUT2D eigenvalue weighted by Gasteiger charge is 2.45. The van der Waals surface area contributed by atoms with Crippen LogP contribution < -0.4 is 5.32 Å². The van der Waals surface area contributed by atoms with Crippen LogP contribution in [0.3, 0.4) is 0 Å². The van der Waals surface area contributed by atoms with E-state index in [-0.39, 0.29) is 12.6 Å². The van der Waals surface area contributed by atoms with Crippen molar-refractivity contribution in [2.24, 2.45) is 5.41 Å². The van der Waals surface area contributed by atoms with Gasteiger partial charge in [-0.15, -0.1) is 0 Å². The van der Waals surface area contributed by atoms with Crippen molar-refractivity contribution < 1.29 is 14.6 Å². The van der Waals surface area contributed by atoms with E-state index in [1.807, 2.05) is 0 Å². The maximum Gasteiger partial charge on any atom is 0.317 e.